The number of nitrogens with zero attached hydrogens (tertiary/aromatic N) is 3. The van der Waals surface area contributed by atoms with Crippen LogP contribution in [0.5, 0.6) is 11.6 Å². The molecule has 6 amide bonds. The average Bonchev–Trinajstić information content (AvgIpc) is 3.91. The van der Waals surface area contributed by atoms with Crippen LogP contribution in [0.3, 0.4) is 0 Å². The Kier molecular flexibility index (Phi) is 25.2. The minimum atomic E-state index is -0.705. The summed E-state index contributed by atoms with van der Waals surface area (Å²) >= 11 is 1.89. The molecule has 4 heterocycles. The molecule has 0 bridgehead atoms. The van der Waals surface area contributed by atoms with E-state index in [2.05, 4.69) is 48.4 Å². The Morgan fingerprint density at radius 2 is 1.49 bits per heavy atom. The van der Waals surface area contributed by atoms with Gasteiger partial charge in [0.25, 0.3) is 5.88 Å². The SMILES string of the molecule is C=CC(=O)N1CCC[C@H](Oc2nc(Nc3cccc(OCCOCCNC(=O)CCCC(=O)NCCCOCCOCCOCCCNC(=O)CCCC[C@@H]4SC[C@@H]5NC(=O)N[C@@H]54)c3)ncc2F)C1. The van der Waals surface area contributed by atoms with E-state index >= 15 is 0 Å². The van der Waals surface area contributed by atoms with E-state index in [0.29, 0.717) is 128 Å². The van der Waals surface area contributed by atoms with Crippen molar-refractivity contribution >= 4 is 53.1 Å². The van der Waals surface area contributed by atoms with Crippen molar-refractivity contribution in [3.8, 4) is 11.6 Å². The number of fused-ring (bicyclic) bond motifs is 1. The number of carbonyl (C=O) groups excluding carboxylic acids is 5. The predicted molar refractivity (Wildman–Crippen MR) is 257 cm³/mol. The van der Waals surface area contributed by atoms with Gasteiger partial charge in [-0.25, -0.2) is 9.78 Å². The maximum absolute atomic E-state index is 14.5. The van der Waals surface area contributed by atoms with Gasteiger partial charge in [0.15, 0.2) is 0 Å². The third kappa shape index (κ3) is 21.5. The number of hydrogen-bond acceptors (Lipinski definition) is 15. The van der Waals surface area contributed by atoms with Gasteiger partial charge in [0, 0.05) is 81.4 Å². The summed E-state index contributed by atoms with van der Waals surface area (Å²) in [5.41, 5.74) is 0.610. The van der Waals surface area contributed by atoms with Crippen LogP contribution in [0.1, 0.15) is 70.6 Å². The Morgan fingerprint density at radius 3 is 2.22 bits per heavy atom. The molecular weight excluding hydrogens is 918 g/mol. The Bertz CT molecular complexity index is 1920. The molecule has 69 heavy (non-hydrogen) atoms. The second-order valence-electron chi connectivity index (χ2n) is 16.6. The first-order valence-corrected chi connectivity index (χ1v) is 25.1. The number of anilines is 2. The predicted octanol–water partition coefficient (Wildman–Crippen LogP) is 3.39. The highest BCUT2D eigenvalue weighted by Gasteiger charge is 2.42. The van der Waals surface area contributed by atoms with Crippen LogP contribution in [0, 0.1) is 5.82 Å². The van der Waals surface area contributed by atoms with Gasteiger partial charge < -0.3 is 65.2 Å². The van der Waals surface area contributed by atoms with E-state index in [-0.39, 0.29) is 73.0 Å². The van der Waals surface area contributed by atoms with E-state index in [1.54, 1.807) is 29.2 Å². The number of piperidine rings is 1. The first kappa shape index (κ1) is 54.6. The van der Waals surface area contributed by atoms with Crippen LogP contribution < -0.4 is 41.4 Å². The summed E-state index contributed by atoms with van der Waals surface area (Å²) in [6.45, 7) is 9.49. The van der Waals surface area contributed by atoms with Gasteiger partial charge in [-0.2, -0.15) is 21.1 Å². The minimum absolute atomic E-state index is 0.0573. The fourth-order valence-electron chi connectivity index (χ4n) is 7.69. The molecule has 6 N–H and O–H groups in total. The molecule has 0 spiro atoms. The molecular formula is C47H70FN9O11S. The number of carbonyl (C=O) groups is 5. The Balaban J connectivity index is 0.752. The van der Waals surface area contributed by atoms with Crippen LogP contribution >= 0.6 is 11.8 Å². The number of halogens is 1. The standard InChI is InChI=1S/C47H70FN9O11S/c1-2-43(61)57-20-7-12-36(32-57)68-45-37(48)31-52-46(56-45)53-34-10-5-11-35(30-34)67-29-28-65-23-19-51-42(60)16-6-15-41(59)50-18-9-22-64-25-27-66-26-24-63-21-8-17-49-40(58)14-4-3-13-39-44-38(33-69-39)54-47(62)55-44/h2,5,10-11,30-31,36,38-39,44H,1,3-4,6-9,12-29,32-33H2,(H,49,58)(H,50,59)(H,51,60)(H,52,53,56)(H2,54,55,62)/t36-,38-,39-,44-/m0/s1. The number of hydrogen-bond donors (Lipinski definition) is 6. The first-order valence-electron chi connectivity index (χ1n) is 24.1. The molecule has 3 saturated heterocycles. The number of amides is 6. The molecule has 3 fully saturated rings. The second-order valence-corrected chi connectivity index (χ2v) is 17.9. The van der Waals surface area contributed by atoms with Gasteiger partial charge in [-0.15, -0.1) is 0 Å². The van der Waals surface area contributed by atoms with Crippen molar-refractivity contribution in [2.45, 2.75) is 94.1 Å². The third-order valence-electron chi connectivity index (χ3n) is 11.2. The largest absolute Gasteiger partial charge is 0.491 e. The maximum Gasteiger partial charge on any atom is 0.315 e. The van der Waals surface area contributed by atoms with E-state index in [1.165, 1.54) is 6.08 Å². The van der Waals surface area contributed by atoms with Crippen molar-refractivity contribution in [2.75, 3.05) is 103 Å². The van der Waals surface area contributed by atoms with Gasteiger partial charge in [-0.05, 0) is 63.2 Å². The number of rotatable bonds is 35. The Hall–Kier alpha value is -5.29. The number of benzene rings is 1. The zero-order valence-corrected chi connectivity index (χ0v) is 40.3. The van der Waals surface area contributed by atoms with Crippen LogP contribution in [0.2, 0.25) is 0 Å². The van der Waals surface area contributed by atoms with E-state index in [1.807, 2.05) is 11.8 Å². The Morgan fingerprint density at radius 1 is 0.826 bits per heavy atom. The van der Waals surface area contributed by atoms with Crippen molar-refractivity contribution in [1.82, 2.24) is 41.5 Å². The summed E-state index contributed by atoms with van der Waals surface area (Å²) in [6.07, 6.45) is 8.87. The highest BCUT2D eigenvalue weighted by atomic mass is 32.2. The molecule has 4 atom stereocenters. The van der Waals surface area contributed by atoms with Crippen molar-refractivity contribution in [1.29, 1.82) is 0 Å². The highest BCUT2D eigenvalue weighted by molar-refractivity contribution is 8.00. The molecule has 20 nitrogen and oxygen atoms in total. The van der Waals surface area contributed by atoms with Crippen LogP contribution in [-0.2, 0) is 38.1 Å². The summed E-state index contributed by atoms with van der Waals surface area (Å²) in [4.78, 5) is 69.8. The number of likely N-dealkylation sites (tertiary alicyclic amines) is 1. The molecule has 3 aliphatic rings. The molecule has 0 aliphatic carbocycles. The van der Waals surface area contributed by atoms with Gasteiger partial charge >= 0.3 is 6.03 Å². The number of unbranched alkanes of at least 4 members (excludes halogenated alkanes) is 1. The van der Waals surface area contributed by atoms with Crippen LogP contribution in [0.4, 0.5) is 20.8 Å². The number of aromatic nitrogens is 2. The molecule has 3 aliphatic heterocycles. The first-order chi connectivity index (χ1) is 33.7. The molecule has 0 radical (unpaired) electrons. The molecule has 0 saturated carbocycles. The van der Waals surface area contributed by atoms with E-state index in [0.717, 1.165) is 44.1 Å². The van der Waals surface area contributed by atoms with Crippen molar-refractivity contribution < 1.29 is 56.8 Å². The average molecular weight is 988 g/mol. The normalized spacial score (nSPS) is 18.4. The molecule has 0 unspecified atom stereocenters. The minimum Gasteiger partial charge on any atom is -0.491 e. The maximum atomic E-state index is 14.5. The fourth-order valence-corrected chi connectivity index (χ4v) is 9.23. The summed E-state index contributed by atoms with van der Waals surface area (Å²) in [6, 6.07) is 7.45. The molecule has 382 valence electrons. The summed E-state index contributed by atoms with van der Waals surface area (Å²) in [5.74, 6) is 0.324. The molecule has 1 aromatic heterocycles. The number of nitrogens with one attached hydrogen (secondary N) is 6. The lowest BCUT2D eigenvalue weighted by Crippen LogP contribution is -2.43. The van der Waals surface area contributed by atoms with Crippen molar-refractivity contribution in [3.63, 3.8) is 0 Å². The summed E-state index contributed by atoms with van der Waals surface area (Å²) < 4.78 is 48.4. The van der Waals surface area contributed by atoms with Crippen molar-refractivity contribution in [2.24, 2.45) is 0 Å². The van der Waals surface area contributed by atoms with E-state index in [9.17, 15) is 28.4 Å². The summed E-state index contributed by atoms with van der Waals surface area (Å²) in [5, 5.41) is 18.0. The van der Waals surface area contributed by atoms with Crippen molar-refractivity contribution in [3.05, 3.63) is 48.9 Å². The van der Waals surface area contributed by atoms with Gasteiger partial charge in [0.05, 0.1) is 64.5 Å². The zero-order valence-electron chi connectivity index (χ0n) is 39.5. The third-order valence-corrected chi connectivity index (χ3v) is 12.7. The van der Waals surface area contributed by atoms with Gasteiger partial charge in [-0.1, -0.05) is 19.1 Å². The fraction of sp³-hybridized carbons (Fsp3) is 0.638. The molecule has 2 aromatic rings. The van der Waals surface area contributed by atoms with Gasteiger partial charge in [0.1, 0.15) is 18.5 Å². The van der Waals surface area contributed by atoms with Crippen LogP contribution in [0.25, 0.3) is 0 Å². The lowest BCUT2D eigenvalue weighted by Gasteiger charge is -2.32. The second kappa shape index (κ2) is 31.8. The number of thioether (sulfide) groups is 1. The van der Waals surface area contributed by atoms with Crippen LogP contribution in [-0.4, -0.2) is 166 Å². The number of ether oxygens (including phenoxy) is 6. The van der Waals surface area contributed by atoms with Gasteiger partial charge in [0.2, 0.25) is 35.4 Å². The van der Waals surface area contributed by atoms with E-state index < -0.39 is 11.9 Å². The lowest BCUT2D eigenvalue weighted by molar-refractivity contribution is -0.128. The van der Waals surface area contributed by atoms with Crippen LogP contribution in [0.15, 0.2) is 43.1 Å². The monoisotopic (exact) mass is 987 g/mol. The highest BCUT2D eigenvalue weighted by Crippen LogP contribution is 2.33. The smallest absolute Gasteiger partial charge is 0.315 e. The van der Waals surface area contributed by atoms with E-state index in [4.69, 9.17) is 28.4 Å². The number of urea groups is 1. The topological polar surface area (TPSA) is 242 Å². The quantitative estimate of drug-likeness (QED) is 0.0330. The zero-order chi connectivity index (χ0) is 48.9. The van der Waals surface area contributed by atoms with Gasteiger partial charge in [-0.3, -0.25) is 19.2 Å². The Labute approximate surface area is 408 Å². The molecule has 1 aromatic carbocycles. The lowest BCUT2D eigenvalue weighted by atomic mass is 10.0. The summed E-state index contributed by atoms with van der Waals surface area (Å²) in [7, 11) is 0. The molecule has 5 rings (SSSR count). The molecule has 22 heteroatoms.